The van der Waals surface area contributed by atoms with Gasteiger partial charge in [0.2, 0.25) is 10.0 Å². The van der Waals surface area contributed by atoms with Gasteiger partial charge in [0.25, 0.3) is 0 Å². The first-order valence-electron chi connectivity index (χ1n) is 8.03. The molecule has 0 aliphatic heterocycles. The van der Waals surface area contributed by atoms with Crippen molar-refractivity contribution < 1.29 is 12.8 Å². The van der Waals surface area contributed by atoms with Crippen LogP contribution in [0.4, 0.5) is 27.4 Å². The molecule has 0 aliphatic rings. The van der Waals surface area contributed by atoms with E-state index in [4.69, 9.17) is 0 Å². The number of hydrogen-bond acceptors (Lipinski definition) is 6. The van der Waals surface area contributed by atoms with E-state index >= 15 is 0 Å². The van der Waals surface area contributed by atoms with Crippen molar-refractivity contribution in [2.75, 3.05) is 17.7 Å². The van der Waals surface area contributed by atoms with Gasteiger partial charge in [0.15, 0.2) is 0 Å². The van der Waals surface area contributed by atoms with E-state index in [0.717, 1.165) is 0 Å². The van der Waals surface area contributed by atoms with Gasteiger partial charge in [0.1, 0.15) is 23.8 Å². The van der Waals surface area contributed by atoms with Crippen LogP contribution >= 0.6 is 0 Å². The number of hydrogen-bond donors (Lipinski definition) is 3. The third kappa shape index (κ3) is 4.57. The first-order chi connectivity index (χ1) is 12.9. The predicted molar refractivity (Wildman–Crippen MR) is 102 cm³/mol. The lowest BCUT2D eigenvalue weighted by Gasteiger charge is -2.10. The summed E-state index contributed by atoms with van der Waals surface area (Å²) in [6, 6.07) is 12.7. The molecule has 0 aliphatic carbocycles. The molecule has 1 heterocycles. The molecular weight excluding hydrogens is 369 g/mol. The Morgan fingerprint density at radius 1 is 0.926 bits per heavy atom. The van der Waals surface area contributed by atoms with Crippen molar-refractivity contribution in [3.05, 3.63) is 66.2 Å². The molecule has 0 saturated carbocycles. The number of anilines is 4. The molecule has 140 valence electrons. The molecule has 27 heavy (non-hydrogen) atoms. The fourth-order valence-corrected chi connectivity index (χ4v) is 3.15. The molecule has 0 fully saturated rings. The smallest absolute Gasteiger partial charge is 0.240 e. The molecule has 0 amide bonds. The largest absolute Gasteiger partial charge is 0.340 e. The molecular formula is C18H18FN5O2S. The van der Waals surface area contributed by atoms with E-state index in [1.54, 1.807) is 37.3 Å². The van der Waals surface area contributed by atoms with Crippen molar-refractivity contribution in [3.8, 4) is 0 Å². The zero-order valence-electron chi connectivity index (χ0n) is 14.7. The highest BCUT2D eigenvalue weighted by Crippen LogP contribution is 2.22. The summed E-state index contributed by atoms with van der Waals surface area (Å²) >= 11 is 0. The Morgan fingerprint density at radius 2 is 1.59 bits per heavy atom. The molecule has 0 radical (unpaired) electrons. The number of sulfonamides is 1. The summed E-state index contributed by atoms with van der Waals surface area (Å²) in [6.45, 7) is 1.68. The second-order valence-electron chi connectivity index (χ2n) is 5.74. The first kappa shape index (κ1) is 18.7. The highest BCUT2D eigenvalue weighted by Gasteiger charge is 2.11. The van der Waals surface area contributed by atoms with Gasteiger partial charge in [0.05, 0.1) is 4.90 Å². The monoisotopic (exact) mass is 387 g/mol. The van der Waals surface area contributed by atoms with Gasteiger partial charge in [-0.2, -0.15) is 0 Å². The standard InChI is InChI=1S/C18H18FN5O2S/c1-12-8-14(6-7-16(12)19)24-18-10-17(21-11-22-18)23-13-4-3-5-15(9-13)27(25,26)20-2/h3-11,20H,1-2H3,(H2,21,22,23,24). The highest BCUT2D eigenvalue weighted by atomic mass is 32.2. The zero-order valence-corrected chi connectivity index (χ0v) is 15.5. The normalized spacial score (nSPS) is 11.2. The van der Waals surface area contributed by atoms with Crippen molar-refractivity contribution in [3.63, 3.8) is 0 Å². The summed E-state index contributed by atoms with van der Waals surface area (Å²) < 4.78 is 39.5. The average Bonchev–Trinajstić information content (AvgIpc) is 2.65. The molecule has 2 aromatic carbocycles. The highest BCUT2D eigenvalue weighted by molar-refractivity contribution is 7.89. The number of aromatic nitrogens is 2. The van der Waals surface area contributed by atoms with E-state index < -0.39 is 10.0 Å². The Hall–Kier alpha value is -3.04. The van der Waals surface area contributed by atoms with Gasteiger partial charge in [0, 0.05) is 17.4 Å². The maximum Gasteiger partial charge on any atom is 0.240 e. The minimum atomic E-state index is -3.54. The van der Waals surface area contributed by atoms with Gasteiger partial charge in [-0.05, 0) is 55.9 Å². The number of benzene rings is 2. The van der Waals surface area contributed by atoms with Crippen molar-refractivity contribution in [1.29, 1.82) is 0 Å². The quantitative estimate of drug-likeness (QED) is 0.600. The third-order valence-electron chi connectivity index (χ3n) is 3.78. The maximum atomic E-state index is 13.4. The molecule has 0 spiro atoms. The average molecular weight is 387 g/mol. The van der Waals surface area contributed by atoms with Crippen LogP contribution in [0.25, 0.3) is 0 Å². The number of rotatable bonds is 6. The van der Waals surface area contributed by atoms with Gasteiger partial charge < -0.3 is 10.6 Å². The maximum absolute atomic E-state index is 13.4. The number of nitrogens with zero attached hydrogens (tertiary/aromatic N) is 2. The molecule has 0 unspecified atom stereocenters. The molecule has 9 heteroatoms. The Kier molecular flexibility index (Phi) is 5.33. The molecule has 3 aromatic rings. The fraction of sp³-hybridized carbons (Fsp3) is 0.111. The van der Waals surface area contributed by atoms with E-state index in [1.807, 2.05) is 0 Å². The van der Waals surface area contributed by atoms with E-state index in [2.05, 4.69) is 25.3 Å². The number of halogens is 1. The van der Waals surface area contributed by atoms with Crippen LogP contribution in [0, 0.1) is 12.7 Å². The van der Waals surface area contributed by atoms with E-state index in [0.29, 0.717) is 28.6 Å². The van der Waals surface area contributed by atoms with Crippen LogP contribution in [0.5, 0.6) is 0 Å². The first-order valence-corrected chi connectivity index (χ1v) is 9.51. The van der Waals surface area contributed by atoms with Crippen molar-refractivity contribution in [1.82, 2.24) is 14.7 Å². The second-order valence-corrected chi connectivity index (χ2v) is 7.62. The Morgan fingerprint density at radius 3 is 2.22 bits per heavy atom. The summed E-state index contributed by atoms with van der Waals surface area (Å²) in [4.78, 5) is 8.41. The van der Waals surface area contributed by atoms with Crippen LogP contribution in [-0.2, 0) is 10.0 Å². The molecule has 0 saturated heterocycles. The van der Waals surface area contributed by atoms with Gasteiger partial charge in [-0.25, -0.2) is 27.5 Å². The fourth-order valence-electron chi connectivity index (χ4n) is 2.37. The zero-order chi connectivity index (χ0) is 19.4. The van der Waals surface area contributed by atoms with Gasteiger partial charge in [-0.1, -0.05) is 6.07 Å². The van der Waals surface area contributed by atoms with Crippen LogP contribution < -0.4 is 15.4 Å². The predicted octanol–water partition coefficient (Wildman–Crippen LogP) is 3.32. The lowest BCUT2D eigenvalue weighted by atomic mass is 10.2. The molecule has 7 nitrogen and oxygen atoms in total. The van der Waals surface area contributed by atoms with Crippen molar-refractivity contribution in [2.45, 2.75) is 11.8 Å². The van der Waals surface area contributed by atoms with Crippen molar-refractivity contribution in [2.24, 2.45) is 0 Å². The van der Waals surface area contributed by atoms with Gasteiger partial charge in [-0.3, -0.25) is 0 Å². The van der Waals surface area contributed by atoms with Crippen LogP contribution in [0.1, 0.15) is 5.56 Å². The minimum Gasteiger partial charge on any atom is -0.340 e. The van der Waals surface area contributed by atoms with Crippen LogP contribution in [0.2, 0.25) is 0 Å². The lowest BCUT2D eigenvalue weighted by Crippen LogP contribution is -2.18. The second kappa shape index (κ2) is 7.68. The number of nitrogens with one attached hydrogen (secondary N) is 3. The van der Waals surface area contributed by atoms with E-state index in [1.165, 1.54) is 31.6 Å². The Bertz CT molecular complexity index is 1070. The summed E-state index contributed by atoms with van der Waals surface area (Å²) in [6.07, 6.45) is 1.37. The summed E-state index contributed by atoms with van der Waals surface area (Å²) in [5.41, 5.74) is 1.78. The van der Waals surface area contributed by atoms with Crippen LogP contribution in [0.15, 0.2) is 59.8 Å². The number of aryl methyl sites for hydroxylation is 1. The van der Waals surface area contributed by atoms with Crippen LogP contribution in [-0.4, -0.2) is 25.4 Å². The summed E-state index contributed by atoms with van der Waals surface area (Å²) in [5, 5.41) is 6.12. The molecule has 1 aromatic heterocycles. The van der Waals surface area contributed by atoms with Gasteiger partial charge in [-0.15, -0.1) is 0 Å². The minimum absolute atomic E-state index is 0.143. The lowest BCUT2D eigenvalue weighted by molar-refractivity contribution is 0.588. The summed E-state index contributed by atoms with van der Waals surface area (Å²) in [7, 11) is -2.18. The van der Waals surface area contributed by atoms with E-state index in [-0.39, 0.29) is 10.7 Å². The van der Waals surface area contributed by atoms with Crippen molar-refractivity contribution >= 4 is 33.0 Å². The summed E-state index contributed by atoms with van der Waals surface area (Å²) in [5.74, 6) is 0.713. The molecule has 0 bridgehead atoms. The SMILES string of the molecule is CNS(=O)(=O)c1cccc(Nc2cc(Nc3ccc(F)c(C)c3)ncn2)c1. The van der Waals surface area contributed by atoms with Gasteiger partial charge >= 0.3 is 0 Å². The topological polar surface area (TPSA) is 96.0 Å². The Labute approximate surface area is 156 Å². The molecule has 3 N–H and O–H groups in total. The Balaban J connectivity index is 1.80. The molecule has 3 rings (SSSR count). The van der Waals surface area contributed by atoms with E-state index in [9.17, 15) is 12.8 Å². The van der Waals surface area contributed by atoms with Crippen LogP contribution in [0.3, 0.4) is 0 Å². The third-order valence-corrected chi connectivity index (χ3v) is 5.19. The molecule has 0 atom stereocenters.